The summed E-state index contributed by atoms with van der Waals surface area (Å²) in [7, 11) is 2.27. The molecule has 0 spiro atoms. The molecule has 0 N–H and O–H groups in total. The Morgan fingerprint density at radius 2 is 1.90 bits per heavy atom. The van der Waals surface area contributed by atoms with Crippen molar-refractivity contribution < 1.29 is 9.53 Å². The molecule has 108 valence electrons. The van der Waals surface area contributed by atoms with Crippen molar-refractivity contribution in [1.82, 2.24) is 0 Å². The number of rotatable bonds is 4. The van der Waals surface area contributed by atoms with Crippen molar-refractivity contribution in [3.8, 4) is 0 Å². The fourth-order valence-corrected chi connectivity index (χ4v) is 4.25. The number of ketones is 1. The minimum Gasteiger partial charge on any atom is -0.372 e. The van der Waals surface area contributed by atoms with Crippen LogP contribution < -0.4 is 5.30 Å². The van der Waals surface area contributed by atoms with Gasteiger partial charge in [-0.3, -0.25) is 4.79 Å². The SMILES string of the molecule is COC(Pc1cccc2c1CC(C)C2=O)c1ccccc1. The first-order valence-corrected chi connectivity index (χ1v) is 8.29. The Balaban J connectivity index is 1.91. The second-order valence-corrected chi connectivity index (χ2v) is 6.82. The van der Waals surface area contributed by atoms with Crippen molar-refractivity contribution in [2.75, 3.05) is 7.11 Å². The molecule has 1 aliphatic carbocycles. The van der Waals surface area contributed by atoms with Gasteiger partial charge in [-0.2, -0.15) is 0 Å². The highest BCUT2D eigenvalue weighted by Gasteiger charge is 2.29. The number of carbonyl (C=O) groups is 1. The van der Waals surface area contributed by atoms with E-state index in [1.807, 2.05) is 37.3 Å². The summed E-state index contributed by atoms with van der Waals surface area (Å²) in [6.07, 6.45) is 0.864. The topological polar surface area (TPSA) is 26.3 Å². The van der Waals surface area contributed by atoms with Gasteiger partial charge in [0.25, 0.3) is 0 Å². The predicted molar refractivity (Wildman–Crippen MR) is 87.8 cm³/mol. The van der Waals surface area contributed by atoms with Gasteiger partial charge < -0.3 is 4.74 Å². The molecule has 2 nitrogen and oxygen atoms in total. The lowest BCUT2D eigenvalue weighted by molar-refractivity contribution is 0.0946. The number of Topliss-reactive ketones (excluding diaryl/α,β-unsaturated/α-hetero) is 1. The van der Waals surface area contributed by atoms with Crippen molar-refractivity contribution in [2.24, 2.45) is 5.92 Å². The molecule has 0 bridgehead atoms. The van der Waals surface area contributed by atoms with E-state index in [0.29, 0.717) is 8.58 Å². The van der Waals surface area contributed by atoms with Crippen LogP contribution in [0.1, 0.15) is 34.3 Å². The van der Waals surface area contributed by atoms with E-state index < -0.39 is 0 Å². The van der Waals surface area contributed by atoms with Crippen LogP contribution in [0.4, 0.5) is 0 Å². The average molecular weight is 298 g/mol. The number of methoxy groups -OCH3 is 1. The Morgan fingerprint density at radius 1 is 1.14 bits per heavy atom. The molecule has 0 heterocycles. The van der Waals surface area contributed by atoms with Crippen molar-refractivity contribution in [1.29, 1.82) is 0 Å². The molecule has 1 aliphatic rings. The maximum Gasteiger partial charge on any atom is 0.166 e. The van der Waals surface area contributed by atoms with Gasteiger partial charge in [0.1, 0.15) is 5.85 Å². The fourth-order valence-electron chi connectivity index (χ4n) is 2.88. The van der Waals surface area contributed by atoms with E-state index >= 15 is 0 Å². The lowest BCUT2D eigenvalue weighted by atomic mass is 10.1. The van der Waals surface area contributed by atoms with Crippen molar-refractivity contribution >= 4 is 19.7 Å². The smallest absolute Gasteiger partial charge is 0.166 e. The lowest BCUT2D eigenvalue weighted by Crippen LogP contribution is -2.08. The van der Waals surface area contributed by atoms with Crippen molar-refractivity contribution in [3.63, 3.8) is 0 Å². The van der Waals surface area contributed by atoms with Crippen LogP contribution in [0.5, 0.6) is 0 Å². The molecule has 0 amide bonds. The van der Waals surface area contributed by atoms with Gasteiger partial charge in [-0.15, -0.1) is 0 Å². The van der Waals surface area contributed by atoms with Crippen LogP contribution in [0.2, 0.25) is 0 Å². The quantitative estimate of drug-likeness (QED) is 0.804. The summed E-state index contributed by atoms with van der Waals surface area (Å²) in [5.41, 5.74) is 3.33. The summed E-state index contributed by atoms with van der Waals surface area (Å²) >= 11 is 0. The molecule has 2 aromatic carbocycles. The van der Waals surface area contributed by atoms with Gasteiger partial charge in [-0.05, 0) is 22.9 Å². The van der Waals surface area contributed by atoms with E-state index in [0.717, 1.165) is 12.0 Å². The van der Waals surface area contributed by atoms with Crippen LogP contribution in [-0.2, 0) is 11.2 Å². The van der Waals surface area contributed by atoms with Crippen LogP contribution in [0.15, 0.2) is 48.5 Å². The number of carbonyl (C=O) groups excluding carboxylic acids is 1. The van der Waals surface area contributed by atoms with Crippen molar-refractivity contribution in [3.05, 3.63) is 65.2 Å². The third-order valence-corrected chi connectivity index (χ3v) is 5.63. The molecule has 0 fully saturated rings. The molecule has 0 radical (unpaired) electrons. The predicted octanol–water partition coefficient (Wildman–Crippen LogP) is 3.71. The maximum absolute atomic E-state index is 12.1. The van der Waals surface area contributed by atoms with E-state index in [2.05, 4.69) is 18.2 Å². The van der Waals surface area contributed by atoms with E-state index in [1.54, 1.807) is 7.11 Å². The number of hydrogen-bond donors (Lipinski definition) is 0. The van der Waals surface area contributed by atoms with Crippen molar-refractivity contribution in [2.45, 2.75) is 19.2 Å². The minimum atomic E-state index is 0.0590. The number of fused-ring (bicyclic) bond motifs is 1. The highest BCUT2D eigenvalue weighted by atomic mass is 31.1. The highest BCUT2D eigenvalue weighted by Crippen LogP contribution is 2.37. The first-order chi connectivity index (χ1) is 10.2. The summed E-state index contributed by atoms with van der Waals surface area (Å²) < 4.78 is 5.68. The maximum atomic E-state index is 12.1. The summed E-state index contributed by atoms with van der Waals surface area (Å²) in [5, 5.41) is 1.26. The number of benzene rings is 2. The molecule has 0 aromatic heterocycles. The molecule has 3 heteroatoms. The molecule has 3 rings (SSSR count). The lowest BCUT2D eigenvalue weighted by Gasteiger charge is -2.17. The van der Waals surface area contributed by atoms with Crippen LogP contribution in [-0.4, -0.2) is 12.9 Å². The van der Waals surface area contributed by atoms with Gasteiger partial charge in [0.2, 0.25) is 0 Å². The minimum absolute atomic E-state index is 0.0590. The molecule has 3 atom stereocenters. The Labute approximate surface area is 127 Å². The third kappa shape index (κ3) is 2.79. The Morgan fingerprint density at radius 3 is 2.62 bits per heavy atom. The van der Waals surface area contributed by atoms with Gasteiger partial charge >= 0.3 is 0 Å². The molecule has 0 saturated carbocycles. The van der Waals surface area contributed by atoms with E-state index in [4.69, 9.17) is 4.74 Å². The molecule has 0 aliphatic heterocycles. The number of ether oxygens (including phenoxy) is 1. The standard InChI is InChI=1S/C18H19O2P/c1-12-11-15-14(17(12)19)9-6-10-16(15)21-18(20-2)13-7-4-3-5-8-13/h3-10,12,18,21H,11H2,1-2H3. The first-order valence-electron chi connectivity index (χ1n) is 7.21. The van der Waals surface area contributed by atoms with Gasteiger partial charge in [-0.25, -0.2) is 0 Å². The van der Waals surface area contributed by atoms with Crippen LogP contribution in [0, 0.1) is 5.92 Å². The van der Waals surface area contributed by atoms with Crippen LogP contribution in [0.3, 0.4) is 0 Å². The second-order valence-electron chi connectivity index (χ2n) is 5.47. The highest BCUT2D eigenvalue weighted by molar-refractivity contribution is 7.47. The van der Waals surface area contributed by atoms with E-state index in [-0.39, 0.29) is 17.5 Å². The fraction of sp³-hybridized carbons (Fsp3) is 0.278. The molecule has 3 unspecified atom stereocenters. The Hall–Kier alpha value is -1.50. The third-order valence-electron chi connectivity index (χ3n) is 4.02. The normalized spacial score (nSPS) is 19.1. The Kier molecular flexibility index (Phi) is 4.19. The number of hydrogen-bond acceptors (Lipinski definition) is 2. The van der Waals surface area contributed by atoms with Crippen LogP contribution >= 0.6 is 8.58 Å². The molecule has 21 heavy (non-hydrogen) atoms. The van der Waals surface area contributed by atoms with E-state index in [9.17, 15) is 4.79 Å². The Bertz CT molecular complexity index is 652. The summed E-state index contributed by atoms with van der Waals surface area (Å²) in [6.45, 7) is 2.01. The largest absolute Gasteiger partial charge is 0.372 e. The second kappa shape index (κ2) is 6.09. The monoisotopic (exact) mass is 298 g/mol. The van der Waals surface area contributed by atoms with E-state index in [1.165, 1.54) is 16.4 Å². The average Bonchev–Trinajstić information content (AvgIpc) is 2.82. The molecule has 2 aromatic rings. The summed E-state index contributed by atoms with van der Waals surface area (Å²) in [5.74, 6) is 0.456. The van der Waals surface area contributed by atoms with Gasteiger partial charge in [-0.1, -0.05) is 64.0 Å². The summed E-state index contributed by atoms with van der Waals surface area (Å²) in [6, 6.07) is 16.4. The van der Waals surface area contributed by atoms with Gasteiger partial charge in [0.05, 0.1) is 0 Å². The van der Waals surface area contributed by atoms with Gasteiger partial charge in [0.15, 0.2) is 5.78 Å². The zero-order chi connectivity index (χ0) is 14.8. The zero-order valence-electron chi connectivity index (χ0n) is 12.3. The van der Waals surface area contributed by atoms with Gasteiger partial charge in [0, 0.05) is 18.6 Å². The molecule has 0 saturated heterocycles. The summed E-state index contributed by atoms with van der Waals surface area (Å²) in [4.78, 5) is 12.1. The van der Waals surface area contributed by atoms with Crippen LogP contribution in [0.25, 0.3) is 0 Å². The first kappa shape index (κ1) is 14.4. The molecular formula is C18H19O2P. The zero-order valence-corrected chi connectivity index (χ0v) is 13.3. The molecular weight excluding hydrogens is 279 g/mol.